The maximum absolute atomic E-state index is 10.3. The summed E-state index contributed by atoms with van der Waals surface area (Å²) in [6.07, 6.45) is 12.9. The average molecular weight is 605 g/mol. The van der Waals surface area contributed by atoms with E-state index in [0.29, 0.717) is 5.02 Å². The normalized spacial score (nSPS) is 16.4. The van der Waals surface area contributed by atoms with Gasteiger partial charge in [-0.3, -0.25) is 4.79 Å². The Balaban J connectivity index is 0.000000254. The first-order valence-corrected chi connectivity index (χ1v) is 15.9. The van der Waals surface area contributed by atoms with Crippen molar-refractivity contribution in [1.82, 2.24) is 0 Å². The minimum Gasteiger partial charge on any atom is -0.481 e. The van der Waals surface area contributed by atoms with Crippen LogP contribution in [0, 0.1) is 0 Å². The Bertz CT molecular complexity index is 1730. The number of allylic oxidation sites excluding steroid dienone is 4. The van der Waals surface area contributed by atoms with Gasteiger partial charge in [0.25, 0.3) is 0 Å². The summed E-state index contributed by atoms with van der Waals surface area (Å²) in [6, 6.07) is 29.4. The summed E-state index contributed by atoms with van der Waals surface area (Å²) in [5.41, 5.74) is 11.5. The van der Waals surface area contributed by atoms with Crippen LogP contribution < -0.4 is 4.74 Å². The van der Waals surface area contributed by atoms with Crippen LogP contribution in [0.3, 0.4) is 0 Å². The van der Waals surface area contributed by atoms with E-state index in [9.17, 15) is 4.79 Å². The predicted octanol–water partition coefficient (Wildman–Crippen LogP) is 10.4. The molecule has 1 aliphatic heterocycles. The predicted molar refractivity (Wildman–Crippen MR) is 180 cm³/mol. The maximum atomic E-state index is 10.3. The number of thioether (sulfide) groups is 1. The lowest BCUT2D eigenvalue weighted by atomic mass is 9.78. The van der Waals surface area contributed by atoms with Gasteiger partial charge in [-0.1, -0.05) is 84.4 Å². The topological polar surface area (TPSA) is 46.5 Å². The smallest absolute Gasteiger partial charge is 0.304 e. The molecule has 0 radical (unpaired) electrons. The summed E-state index contributed by atoms with van der Waals surface area (Å²) in [5.74, 6) is 0.891. The molecule has 1 unspecified atom stereocenters. The van der Waals surface area contributed by atoms with Crippen LogP contribution >= 0.6 is 23.4 Å². The van der Waals surface area contributed by atoms with Crippen LogP contribution in [0.2, 0.25) is 5.02 Å². The van der Waals surface area contributed by atoms with Crippen molar-refractivity contribution < 1.29 is 14.6 Å². The number of halogens is 1. The summed E-state index contributed by atoms with van der Waals surface area (Å²) in [4.78, 5) is 11.5. The SMILES string of the molecule is CC1=CC=CC(CC(=O)O)S1.Clc1ccc(Oc2ccc(C3=Cc4ccc5c(c4CC3)CCc3ccccc3-5)cc2)cc1. The Kier molecular flexibility index (Phi) is 8.87. The minimum atomic E-state index is -0.734. The molecule has 43 heavy (non-hydrogen) atoms. The van der Waals surface area contributed by atoms with Gasteiger partial charge in [0.15, 0.2) is 0 Å². The van der Waals surface area contributed by atoms with Crippen molar-refractivity contribution in [2.24, 2.45) is 0 Å². The molecule has 1 atom stereocenters. The Labute approximate surface area is 262 Å². The lowest BCUT2D eigenvalue weighted by Gasteiger charge is -2.26. The number of fused-ring (bicyclic) bond motifs is 5. The molecule has 3 aliphatic rings. The van der Waals surface area contributed by atoms with Crippen molar-refractivity contribution >= 4 is 41.0 Å². The van der Waals surface area contributed by atoms with Crippen molar-refractivity contribution in [3.8, 4) is 22.6 Å². The van der Waals surface area contributed by atoms with Crippen molar-refractivity contribution in [3.63, 3.8) is 0 Å². The van der Waals surface area contributed by atoms with Gasteiger partial charge in [-0.25, -0.2) is 0 Å². The second-order valence-corrected chi connectivity index (χ2v) is 12.9. The molecule has 7 rings (SSSR count). The third-order valence-electron chi connectivity index (χ3n) is 8.04. The third kappa shape index (κ3) is 6.98. The number of benzene rings is 4. The van der Waals surface area contributed by atoms with Gasteiger partial charge < -0.3 is 9.84 Å². The van der Waals surface area contributed by atoms with E-state index in [-0.39, 0.29) is 11.7 Å². The molecule has 0 spiro atoms. The van der Waals surface area contributed by atoms with Crippen molar-refractivity contribution in [2.45, 2.75) is 44.3 Å². The van der Waals surface area contributed by atoms with Gasteiger partial charge in [-0.05, 0) is 118 Å². The van der Waals surface area contributed by atoms with E-state index in [1.54, 1.807) is 22.9 Å². The van der Waals surface area contributed by atoms with Crippen molar-refractivity contribution in [2.75, 3.05) is 0 Å². The van der Waals surface area contributed by atoms with E-state index in [2.05, 4.69) is 54.6 Å². The molecule has 0 fully saturated rings. The number of hydrogen-bond donors (Lipinski definition) is 1. The largest absolute Gasteiger partial charge is 0.481 e. The average Bonchev–Trinajstić information content (AvgIpc) is 3.02. The quantitative estimate of drug-likeness (QED) is 0.246. The first kappa shape index (κ1) is 29.1. The van der Waals surface area contributed by atoms with E-state index in [0.717, 1.165) is 37.2 Å². The molecular weight excluding hydrogens is 572 g/mol. The first-order chi connectivity index (χ1) is 20.9. The molecule has 2 aliphatic carbocycles. The van der Waals surface area contributed by atoms with Crippen molar-refractivity contribution in [1.29, 1.82) is 0 Å². The fourth-order valence-corrected chi connectivity index (χ4v) is 7.13. The van der Waals surface area contributed by atoms with Crippen LogP contribution in [0.15, 0.2) is 108 Å². The van der Waals surface area contributed by atoms with Gasteiger partial charge in [-0.2, -0.15) is 0 Å². The van der Waals surface area contributed by atoms with Crippen molar-refractivity contribution in [3.05, 3.63) is 141 Å². The summed E-state index contributed by atoms with van der Waals surface area (Å²) in [6.45, 7) is 1.99. The Morgan fingerprint density at radius 3 is 2.33 bits per heavy atom. The molecule has 216 valence electrons. The van der Waals surface area contributed by atoms with Crippen LogP contribution in [-0.4, -0.2) is 16.3 Å². The molecule has 0 saturated carbocycles. The molecule has 0 amide bonds. The van der Waals surface area contributed by atoms with Gasteiger partial charge in [0, 0.05) is 10.3 Å². The standard InChI is InChI=1S/C30H23ClO.C8H10O2S/c31-24-10-14-26(15-11-24)32-25-12-5-20(6-13-25)22-8-16-28-23(19-22)9-18-29-27-4-2-1-3-21(27)7-17-30(28)29;1-6-3-2-4-7(11-6)5-8(9)10/h1-6,9-15,18-19H,7-8,16-17H2;2-4,7H,5H2,1H3,(H,9,10). The number of rotatable bonds is 5. The van der Waals surface area contributed by atoms with E-state index >= 15 is 0 Å². The fourth-order valence-electron chi connectivity index (χ4n) is 5.98. The summed E-state index contributed by atoms with van der Waals surface area (Å²) >= 11 is 7.57. The van der Waals surface area contributed by atoms with Crippen LogP contribution in [0.4, 0.5) is 0 Å². The number of aryl methyl sites for hydroxylation is 1. The molecule has 0 bridgehead atoms. The lowest BCUT2D eigenvalue weighted by Crippen LogP contribution is -2.10. The number of carbonyl (C=O) groups is 1. The third-order valence-corrected chi connectivity index (χ3v) is 9.42. The number of carboxylic acid groups (broad SMARTS) is 1. The van der Waals surface area contributed by atoms with Gasteiger partial charge in [0.05, 0.1) is 6.42 Å². The molecule has 5 heteroatoms. The van der Waals surface area contributed by atoms with Gasteiger partial charge in [0.2, 0.25) is 0 Å². The molecule has 1 heterocycles. The zero-order chi connectivity index (χ0) is 29.8. The molecule has 1 N–H and O–H groups in total. The van der Waals surface area contributed by atoms with Gasteiger partial charge in [-0.15, -0.1) is 11.8 Å². The van der Waals surface area contributed by atoms with E-state index in [4.69, 9.17) is 21.4 Å². The highest BCUT2D eigenvalue weighted by Gasteiger charge is 2.22. The molecule has 0 aromatic heterocycles. The lowest BCUT2D eigenvalue weighted by molar-refractivity contribution is -0.136. The molecule has 3 nitrogen and oxygen atoms in total. The maximum Gasteiger partial charge on any atom is 0.304 e. The monoisotopic (exact) mass is 604 g/mol. The second-order valence-electron chi connectivity index (χ2n) is 11.0. The van der Waals surface area contributed by atoms with E-state index < -0.39 is 5.97 Å². The minimum absolute atomic E-state index is 0.123. The summed E-state index contributed by atoms with van der Waals surface area (Å²) in [7, 11) is 0. The van der Waals surface area contributed by atoms with Crippen LogP contribution in [0.5, 0.6) is 11.5 Å². The van der Waals surface area contributed by atoms with Gasteiger partial charge >= 0.3 is 5.97 Å². The summed E-state index contributed by atoms with van der Waals surface area (Å²) < 4.78 is 5.94. The highest BCUT2D eigenvalue weighted by Crippen LogP contribution is 2.40. The Morgan fingerprint density at radius 1 is 0.860 bits per heavy atom. The molecule has 4 aromatic carbocycles. The van der Waals surface area contributed by atoms with Crippen LogP contribution in [0.1, 0.15) is 47.6 Å². The zero-order valence-corrected chi connectivity index (χ0v) is 25.6. The Morgan fingerprint density at radius 2 is 1.58 bits per heavy atom. The first-order valence-electron chi connectivity index (χ1n) is 14.6. The van der Waals surface area contributed by atoms with Crippen LogP contribution in [-0.2, 0) is 24.1 Å². The highest BCUT2D eigenvalue weighted by atomic mass is 35.5. The number of hydrogen-bond acceptors (Lipinski definition) is 3. The van der Waals surface area contributed by atoms with Gasteiger partial charge in [0.1, 0.15) is 11.5 Å². The molecular formula is C38H33ClO3S. The fraction of sp³-hybridized carbons (Fsp3) is 0.184. The molecule has 0 saturated heterocycles. The molecule has 4 aromatic rings. The zero-order valence-electron chi connectivity index (χ0n) is 24.1. The van der Waals surface area contributed by atoms with E-state index in [1.807, 2.05) is 61.5 Å². The Hall–Kier alpha value is -3.99. The number of ether oxygens (including phenoxy) is 1. The highest BCUT2D eigenvalue weighted by molar-refractivity contribution is 8.03. The van der Waals surface area contributed by atoms with E-state index in [1.165, 1.54) is 38.3 Å². The summed E-state index contributed by atoms with van der Waals surface area (Å²) in [5, 5.41) is 9.32. The second kappa shape index (κ2) is 13.1. The number of aliphatic carboxylic acids is 1. The van der Waals surface area contributed by atoms with Crippen LogP contribution in [0.25, 0.3) is 22.8 Å². The number of carboxylic acids is 1.